The van der Waals surface area contributed by atoms with Gasteiger partial charge in [0.25, 0.3) is 5.91 Å². The molecule has 0 radical (unpaired) electrons. The Kier molecular flexibility index (Phi) is 11.3. The summed E-state index contributed by atoms with van der Waals surface area (Å²) in [6.45, 7) is -0.393. The van der Waals surface area contributed by atoms with Crippen molar-refractivity contribution in [2.24, 2.45) is 0 Å². The third-order valence-corrected chi connectivity index (χ3v) is 8.23. The molecule has 0 aliphatic heterocycles. The van der Waals surface area contributed by atoms with E-state index in [1.165, 1.54) is 0 Å². The van der Waals surface area contributed by atoms with E-state index in [1.807, 2.05) is 30.3 Å². The molecule has 45 heavy (non-hydrogen) atoms. The van der Waals surface area contributed by atoms with E-state index in [0.717, 1.165) is 34.2 Å². The number of carbonyl (C=O) groups is 3. The lowest BCUT2D eigenvalue weighted by Gasteiger charge is -2.16. The monoisotopic (exact) mass is 653 g/mol. The van der Waals surface area contributed by atoms with Gasteiger partial charge in [0.05, 0.1) is 17.9 Å². The van der Waals surface area contributed by atoms with Gasteiger partial charge in [-0.3, -0.25) is 18.8 Å². The Balaban J connectivity index is 1.39. The van der Waals surface area contributed by atoms with Crippen molar-refractivity contribution < 1.29 is 37.0 Å². The zero-order valence-electron chi connectivity index (χ0n) is 23.8. The van der Waals surface area contributed by atoms with Gasteiger partial charge in [0.1, 0.15) is 17.3 Å². The number of amides is 2. The molecule has 0 bridgehead atoms. The minimum Gasteiger partial charge on any atom is -0.481 e. The third-order valence-electron chi connectivity index (χ3n) is 6.49. The predicted octanol–water partition coefficient (Wildman–Crippen LogP) is 4.68. The molecule has 0 aromatic heterocycles. The second-order valence-corrected chi connectivity index (χ2v) is 12.0. The normalized spacial score (nSPS) is 11.1. The van der Waals surface area contributed by atoms with Gasteiger partial charge in [-0.25, -0.2) is 17.5 Å². The van der Waals surface area contributed by atoms with E-state index in [1.54, 1.807) is 42.5 Å². The third kappa shape index (κ3) is 9.86. The summed E-state index contributed by atoms with van der Waals surface area (Å²) in [5.74, 6) is -2.03. The second kappa shape index (κ2) is 15.3. The maximum Gasteiger partial charge on any atom is 0.307 e. The maximum atomic E-state index is 13.1. The van der Waals surface area contributed by atoms with Crippen LogP contribution in [-0.2, 0) is 39.0 Å². The van der Waals surface area contributed by atoms with E-state index in [-0.39, 0.29) is 23.8 Å². The molecule has 0 atom stereocenters. The Bertz CT molecular complexity index is 1750. The molecule has 13 heteroatoms. The Morgan fingerprint density at radius 1 is 0.889 bits per heavy atom. The number of carbonyl (C=O) groups excluding carboxylic acids is 2. The zero-order valence-corrected chi connectivity index (χ0v) is 25.4. The summed E-state index contributed by atoms with van der Waals surface area (Å²) in [4.78, 5) is 36.3. The lowest BCUT2D eigenvalue weighted by Crippen LogP contribution is -2.36. The average molecular weight is 654 g/mol. The van der Waals surface area contributed by atoms with Crippen molar-refractivity contribution in [3.63, 3.8) is 0 Å². The number of carboxylic acid groups (broad SMARTS) is 1. The number of nitrogens with zero attached hydrogens (tertiary/aromatic N) is 1. The van der Waals surface area contributed by atoms with Gasteiger partial charge in [-0.2, -0.15) is 0 Å². The number of hydrogen-bond acceptors (Lipinski definition) is 6. The molecule has 0 aliphatic rings. The summed E-state index contributed by atoms with van der Waals surface area (Å²) >= 11 is 6.23. The molecule has 10 nitrogen and oxygen atoms in total. The molecular weight excluding hydrogens is 625 g/mol. The van der Waals surface area contributed by atoms with Crippen molar-refractivity contribution >= 4 is 39.6 Å². The summed E-state index contributed by atoms with van der Waals surface area (Å²) in [6.07, 6.45) is 0.323. The molecule has 234 valence electrons. The van der Waals surface area contributed by atoms with Gasteiger partial charge in [0, 0.05) is 36.0 Å². The molecule has 3 N–H and O–H groups in total. The van der Waals surface area contributed by atoms with Gasteiger partial charge in [0.2, 0.25) is 15.9 Å². The van der Waals surface area contributed by atoms with E-state index < -0.39 is 34.3 Å². The molecule has 2 amide bonds. The minimum atomic E-state index is -4.06. The smallest absolute Gasteiger partial charge is 0.307 e. The van der Waals surface area contributed by atoms with Gasteiger partial charge < -0.3 is 15.2 Å². The first-order valence-corrected chi connectivity index (χ1v) is 15.5. The molecule has 4 aromatic rings. The molecule has 0 spiro atoms. The van der Waals surface area contributed by atoms with Crippen LogP contribution in [0.1, 0.15) is 27.0 Å². The highest BCUT2D eigenvalue weighted by molar-refractivity contribution is 7.89. The van der Waals surface area contributed by atoms with Crippen LogP contribution < -0.4 is 14.8 Å². The Morgan fingerprint density at radius 2 is 1.58 bits per heavy atom. The van der Waals surface area contributed by atoms with Crippen LogP contribution in [0.25, 0.3) is 0 Å². The highest BCUT2D eigenvalue weighted by Crippen LogP contribution is 2.27. The van der Waals surface area contributed by atoms with Crippen molar-refractivity contribution in [3.05, 3.63) is 125 Å². The van der Waals surface area contributed by atoms with E-state index in [9.17, 15) is 32.3 Å². The quantitative estimate of drug-likeness (QED) is 0.168. The number of benzene rings is 4. The highest BCUT2D eigenvalue weighted by Gasteiger charge is 2.17. The Labute approximate surface area is 264 Å². The second-order valence-electron chi connectivity index (χ2n) is 9.82. The van der Waals surface area contributed by atoms with E-state index in [2.05, 4.69) is 10.0 Å². The van der Waals surface area contributed by atoms with E-state index >= 15 is 0 Å². The van der Waals surface area contributed by atoms with Crippen LogP contribution in [0.4, 0.5) is 4.39 Å². The number of halogens is 2. The molecule has 0 unspecified atom stereocenters. The SMILES string of the molecule is O=C(O)Cc1ccc(Oc2ccc(C(=O)N(Cl)CCc3ccccc3)cc2)c(CNC(=O)CNS(=O)(=O)c2ccc(F)cc2)c1. The first kappa shape index (κ1) is 33.1. The lowest BCUT2D eigenvalue weighted by molar-refractivity contribution is -0.136. The van der Waals surface area contributed by atoms with Crippen LogP contribution in [0.3, 0.4) is 0 Å². The van der Waals surface area contributed by atoms with E-state index in [0.29, 0.717) is 41.2 Å². The Morgan fingerprint density at radius 3 is 2.24 bits per heavy atom. The standard InChI is InChI=1S/C32H29ClFN3O7S/c33-37(17-16-22-4-2-1-3-5-22)32(41)24-7-11-27(12-8-24)44-29-15-6-23(19-31(39)40)18-25(29)20-35-30(38)21-36-45(42,43)28-13-9-26(34)10-14-28/h1-15,18,36H,16-17,19-21H2,(H,35,38)(H,39,40). The van der Waals surface area contributed by atoms with E-state index in [4.69, 9.17) is 16.5 Å². The number of aliphatic carboxylic acids is 1. The maximum absolute atomic E-state index is 13.1. The molecule has 4 aromatic carbocycles. The van der Waals surface area contributed by atoms with Crippen molar-refractivity contribution in [1.82, 2.24) is 14.5 Å². The summed E-state index contributed by atoms with van der Waals surface area (Å²) in [5.41, 5.74) is 2.27. The van der Waals surface area contributed by atoms with Gasteiger partial charge in [-0.1, -0.05) is 36.4 Å². The van der Waals surface area contributed by atoms with Crippen LogP contribution in [0.5, 0.6) is 11.5 Å². The fourth-order valence-corrected chi connectivity index (χ4v) is 5.34. The molecule has 0 aliphatic carbocycles. The number of ether oxygens (including phenoxy) is 1. The molecule has 4 rings (SSSR count). The summed E-state index contributed by atoms with van der Waals surface area (Å²) in [7, 11) is -4.06. The van der Waals surface area contributed by atoms with Crippen molar-refractivity contribution in [1.29, 1.82) is 0 Å². The Hall–Kier alpha value is -4.78. The molecular formula is C32H29ClFN3O7S. The number of sulfonamides is 1. The minimum absolute atomic E-state index is 0.112. The summed E-state index contributed by atoms with van der Waals surface area (Å²) in [5, 5.41) is 11.8. The van der Waals surface area contributed by atoms with Gasteiger partial charge >= 0.3 is 5.97 Å². The van der Waals surface area contributed by atoms with Crippen LogP contribution in [0.2, 0.25) is 0 Å². The zero-order chi connectivity index (χ0) is 32.4. The number of hydrogen-bond donors (Lipinski definition) is 3. The number of rotatable bonds is 14. The molecule has 0 fully saturated rings. The average Bonchev–Trinajstić information content (AvgIpc) is 3.03. The molecule has 0 saturated heterocycles. The van der Waals surface area contributed by atoms with Crippen LogP contribution in [0.15, 0.2) is 102 Å². The molecule has 0 saturated carbocycles. The van der Waals surface area contributed by atoms with Crippen molar-refractivity contribution in [2.45, 2.75) is 24.3 Å². The largest absolute Gasteiger partial charge is 0.481 e. The topological polar surface area (TPSA) is 142 Å². The van der Waals surface area contributed by atoms with Crippen LogP contribution >= 0.6 is 11.8 Å². The van der Waals surface area contributed by atoms with Gasteiger partial charge in [-0.05, 0) is 78.2 Å². The first-order valence-electron chi connectivity index (χ1n) is 13.6. The van der Waals surface area contributed by atoms with Gasteiger partial charge in [-0.15, -0.1) is 0 Å². The predicted molar refractivity (Wildman–Crippen MR) is 165 cm³/mol. The molecule has 0 heterocycles. The van der Waals surface area contributed by atoms with Gasteiger partial charge in [0.15, 0.2) is 0 Å². The van der Waals surface area contributed by atoms with Crippen molar-refractivity contribution in [3.8, 4) is 11.5 Å². The fraction of sp³-hybridized carbons (Fsp3) is 0.156. The summed E-state index contributed by atoms with van der Waals surface area (Å²) in [6, 6.07) is 24.7. The van der Waals surface area contributed by atoms with Crippen molar-refractivity contribution in [2.75, 3.05) is 13.1 Å². The summed E-state index contributed by atoms with van der Waals surface area (Å²) < 4.78 is 47.2. The number of nitrogens with one attached hydrogen (secondary N) is 2. The number of carboxylic acids is 1. The van der Waals surface area contributed by atoms with Crippen LogP contribution in [-0.4, -0.2) is 48.8 Å². The first-order chi connectivity index (χ1) is 21.5. The lowest BCUT2D eigenvalue weighted by atomic mass is 10.1. The fourth-order valence-electron chi connectivity index (χ4n) is 4.18. The highest BCUT2D eigenvalue weighted by atomic mass is 35.5. The van der Waals surface area contributed by atoms with Crippen LogP contribution in [0, 0.1) is 5.82 Å².